The number of aromatic amines is 1. The van der Waals surface area contributed by atoms with E-state index in [1.54, 1.807) is 13.2 Å². The average Bonchev–Trinajstić information content (AvgIpc) is 3.11. The number of aromatic nitrogens is 1. The number of phenols is 1. The second-order valence-corrected chi connectivity index (χ2v) is 7.20. The van der Waals surface area contributed by atoms with Crippen LogP contribution in [-0.4, -0.2) is 17.2 Å². The second kappa shape index (κ2) is 6.67. The summed E-state index contributed by atoms with van der Waals surface area (Å²) in [5, 5.41) is 12.4. The molecule has 136 valence electrons. The Hall–Kier alpha value is -2.91. The molecule has 4 rings (SSSR count). The maximum Gasteiger partial charge on any atom is 0.120 e. The Balaban J connectivity index is 2.02. The zero-order chi connectivity index (χ0) is 19.0. The van der Waals surface area contributed by atoms with Crippen molar-refractivity contribution in [1.82, 2.24) is 4.98 Å². The molecule has 1 aromatic heterocycles. The number of methoxy groups -OCH3 is 1. The lowest BCUT2D eigenvalue weighted by molar-refractivity contribution is 0.414. The molecule has 27 heavy (non-hydrogen) atoms. The monoisotopic (exact) mass is 377 g/mol. The van der Waals surface area contributed by atoms with Crippen LogP contribution in [0.15, 0.2) is 72.9 Å². The van der Waals surface area contributed by atoms with E-state index < -0.39 is 5.41 Å². The molecular weight excluding hydrogens is 358 g/mol. The number of benzene rings is 3. The molecule has 0 aliphatic heterocycles. The number of H-pyrrole nitrogens is 1. The molecular formula is C23H20ClNO2. The Morgan fingerprint density at radius 1 is 0.963 bits per heavy atom. The van der Waals surface area contributed by atoms with Gasteiger partial charge in [0, 0.05) is 33.1 Å². The molecule has 0 aliphatic carbocycles. The SMILES string of the molecule is COc1ccc([C@](C)(c2ccccc2O)c2c[nH]c3cc(Cl)ccc23)cc1. The van der Waals surface area contributed by atoms with Crippen LogP contribution in [0.3, 0.4) is 0 Å². The topological polar surface area (TPSA) is 45.2 Å². The molecule has 0 fully saturated rings. The van der Waals surface area contributed by atoms with Crippen molar-refractivity contribution < 1.29 is 9.84 Å². The maximum absolute atomic E-state index is 10.7. The summed E-state index contributed by atoms with van der Waals surface area (Å²) >= 11 is 6.16. The molecule has 0 saturated carbocycles. The Morgan fingerprint density at radius 3 is 2.41 bits per heavy atom. The van der Waals surface area contributed by atoms with Crippen molar-refractivity contribution in [3.05, 3.63) is 94.6 Å². The highest BCUT2D eigenvalue weighted by atomic mass is 35.5. The highest BCUT2D eigenvalue weighted by Gasteiger charge is 2.35. The van der Waals surface area contributed by atoms with Gasteiger partial charge in [0.15, 0.2) is 0 Å². The molecule has 0 radical (unpaired) electrons. The number of ether oxygens (including phenoxy) is 1. The average molecular weight is 378 g/mol. The Labute approximate surface area is 163 Å². The van der Waals surface area contributed by atoms with E-state index >= 15 is 0 Å². The Bertz CT molecular complexity index is 1100. The zero-order valence-corrected chi connectivity index (χ0v) is 15.9. The van der Waals surface area contributed by atoms with Crippen LogP contribution in [0.25, 0.3) is 10.9 Å². The van der Waals surface area contributed by atoms with Gasteiger partial charge in [-0.25, -0.2) is 0 Å². The van der Waals surface area contributed by atoms with E-state index in [1.165, 1.54) is 0 Å². The molecule has 0 unspecified atom stereocenters. The van der Waals surface area contributed by atoms with Crippen molar-refractivity contribution in [3.63, 3.8) is 0 Å². The molecule has 1 heterocycles. The van der Waals surface area contributed by atoms with Gasteiger partial charge in [0.1, 0.15) is 11.5 Å². The minimum atomic E-state index is -0.566. The van der Waals surface area contributed by atoms with Gasteiger partial charge in [-0.05, 0) is 48.4 Å². The van der Waals surface area contributed by atoms with Crippen LogP contribution in [0.2, 0.25) is 5.02 Å². The molecule has 4 aromatic rings. The quantitative estimate of drug-likeness (QED) is 0.465. The second-order valence-electron chi connectivity index (χ2n) is 6.76. The standard InChI is InChI=1S/C23H20ClNO2/c1-23(19-5-3-4-6-22(19)26,15-7-10-17(27-2)11-8-15)20-14-25-21-13-16(24)9-12-18(20)21/h3-14,25-26H,1-2H3/t23-/m1/s1. The molecule has 1 atom stereocenters. The fourth-order valence-corrected chi connectivity index (χ4v) is 3.96. The Kier molecular flexibility index (Phi) is 4.33. The van der Waals surface area contributed by atoms with Gasteiger partial charge < -0.3 is 14.8 Å². The van der Waals surface area contributed by atoms with Gasteiger partial charge >= 0.3 is 0 Å². The molecule has 0 bridgehead atoms. The first kappa shape index (κ1) is 17.5. The van der Waals surface area contributed by atoms with E-state index in [-0.39, 0.29) is 5.75 Å². The summed E-state index contributed by atoms with van der Waals surface area (Å²) in [4.78, 5) is 3.33. The van der Waals surface area contributed by atoms with E-state index in [4.69, 9.17) is 16.3 Å². The number of hydrogen-bond donors (Lipinski definition) is 2. The summed E-state index contributed by atoms with van der Waals surface area (Å²) in [7, 11) is 1.65. The smallest absolute Gasteiger partial charge is 0.120 e. The first-order chi connectivity index (χ1) is 13.0. The first-order valence-electron chi connectivity index (χ1n) is 8.74. The maximum atomic E-state index is 10.7. The lowest BCUT2D eigenvalue weighted by Gasteiger charge is -2.32. The van der Waals surface area contributed by atoms with Gasteiger partial charge in [-0.2, -0.15) is 0 Å². The third-order valence-corrected chi connectivity index (χ3v) is 5.53. The van der Waals surface area contributed by atoms with Gasteiger partial charge in [-0.3, -0.25) is 0 Å². The lowest BCUT2D eigenvalue weighted by atomic mass is 9.70. The normalized spacial score (nSPS) is 13.4. The van der Waals surface area contributed by atoms with Gasteiger partial charge in [-0.1, -0.05) is 48.0 Å². The third-order valence-electron chi connectivity index (χ3n) is 5.29. The number of nitrogens with one attached hydrogen (secondary N) is 1. The number of aromatic hydroxyl groups is 1. The number of halogens is 1. The summed E-state index contributed by atoms with van der Waals surface area (Å²) in [5.41, 5.74) is 3.36. The highest BCUT2D eigenvalue weighted by Crippen LogP contribution is 2.45. The van der Waals surface area contributed by atoms with E-state index in [1.807, 2.05) is 66.9 Å². The van der Waals surface area contributed by atoms with Crippen molar-refractivity contribution in [1.29, 1.82) is 0 Å². The molecule has 0 amide bonds. The summed E-state index contributed by atoms with van der Waals surface area (Å²) in [6.07, 6.45) is 2.00. The van der Waals surface area contributed by atoms with E-state index in [0.29, 0.717) is 5.02 Å². The fourth-order valence-electron chi connectivity index (χ4n) is 3.79. The van der Waals surface area contributed by atoms with Crippen molar-refractivity contribution in [2.24, 2.45) is 0 Å². The number of para-hydroxylation sites is 1. The number of rotatable bonds is 4. The van der Waals surface area contributed by atoms with Gasteiger partial charge in [-0.15, -0.1) is 0 Å². The molecule has 3 nitrogen and oxygen atoms in total. The molecule has 0 aliphatic rings. The van der Waals surface area contributed by atoms with E-state index in [0.717, 1.165) is 33.3 Å². The zero-order valence-electron chi connectivity index (χ0n) is 15.2. The molecule has 0 saturated heterocycles. The minimum absolute atomic E-state index is 0.263. The van der Waals surface area contributed by atoms with E-state index in [2.05, 4.69) is 11.9 Å². The van der Waals surface area contributed by atoms with Crippen LogP contribution >= 0.6 is 11.6 Å². The van der Waals surface area contributed by atoms with Crippen molar-refractivity contribution in [2.45, 2.75) is 12.3 Å². The summed E-state index contributed by atoms with van der Waals surface area (Å²) in [6.45, 7) is 2.13. The lowest BCUT2D eigenvalue weighted by Crippen LogP contribution is -2.25. The molecule has 0 spiro atoms. The van der Waals surface area contributed by atoms with Crippen molar-refractivity contribution in [2.75, 3.05) is 7.11 Å². The third kappa shape index (κ3) is 2.84. The van der Waals surface area contributed by atoms with Crippen LogP contribution in [0, 0.1) is 0 Å². The number of phenolic OH excluding ortho intramolecular Hbond substituents is 1. The van der Waals surface area contributed by atoms with Crippen molar-refractivity contribution >= 4 is 22.5 Å². The number of fused-ring (bicyclic) bond motifs is 1. The van der Waals surface area contributed by atoms with Crippen LogP contribution in [0.4, 0.5) is 0 Å². The molecule has 4 heteroatoms. The molecule has 2 N–H and O–H groups in total. The minimum Gasteiger partial charge on any atom is -0.508 e. The summed E-state index contributed by atoms with van der Waals surface area (Å²) < 4.78 is 5.32. The van der Waals surface area contributed by atoms with Crippen LogP contribution in [-0.2, 0) is 5.41 Å². The van der Waals surface area contributed by atoms with Gasteiger partial charge in [0.05, 0.1) is 7.11 Å². The summed E-state index contributed by atoms with van der Waals surface area (Å²) in [5.74, 6) is 1.06. The van der Waals surface area contributed by atoms with Crippen LogP contribution in [0.5, 0.6) is 11.5 Å². The van der Waals surface area contributed by atoms with E-state index in [9.17, 15) is 5.11 Å². The summed E-state index contributed by atoms with van der Waals surface area (Å²) in [6, 6.07) is 21.3. The predicted molar refractivity (Wildman–Crippen MR) is 110 cm³/mol. The fraction of sp³-hybridized carbons (Fsp3) is 0.130. The highest BCUT2D eigenvalue weighted by molar-refractivity contribution is 6.31. The van der Waals surface area contributed by atoms with Crippen LogP contribution < -0.4 is 4.74 Å². The van der Waals surface area contributed by atoms with Crippen molar-refractivity contribution in [3.8, 4) is 11.5 Å². The first-order valence-corrected chi connectivity index (χ1v) is 9.12. The number of hydrogen-bond acceptors (Lipinski definition) is 2. The Morgan fingerprint density at radius 2 is 1.70 bits per heavy atom. The van der Waals surface area contributed by atoms with Gasteiger partial charge in [0.2, 0.25) is 0 Å². The largest absolute Gasteiger partial charge is 0.508 e. The predicted octanol–water partition coefficient (Wildman–Crippen LogP) is 5.89. The van der Waals surface area contributed by atoms with Crippen LogP contribution in [0.1, 0.15) is 23.6 Å². The van der Waals surface area contributed by atoms with Gasteiger partial charge in [0.25, 0.3) is 0 Å². The molecule has 3 aromatic carbocycles.